The van der Waals surface area contributed by atoms with E-state index >= 15 is 0 Å². The minimum Gasteiger partial charge on any atom is -0.337 e. The summed E-state index contributed by atoms with van der Waals surface area (Å²) in [5.74, 6) is -0.484. The van der Waals surface area contributed by atoms with Crippen LogP contribution in [0.3, 0.4) is 0 Å². The molecule has 5 heteroatoms. The summed E-state index contributed by atoms with van der Waals surface area (Å²) in [6.45, 7) is 4.01. The molecule has 2 rings (SSSR count). The Labute approximate surface area is 124 Å². The summed E-state index contributed by atoms with van der Waals surface area (Å²) in [6.07, 6.45) is 2.35. The van der Waals surface area contributed by atoms with E-state index in [9.17, 15) is 9.18 Å². The molecule has 112 valence electrons. The number of carbonyl (C=O) groups excluding carboxylic acids is 1. The zero-order valence-corrected chi connectivity index (χ0v) is 12.1. The quantitative estimate of drug-likeness (QED) is 0.799. The number of benzene rings is 1. The highest BCUT2D eigenvalue weighted by molar-refractivity contribution is 5.94. The third-order valence-electron chi connectivity index (χ3n) is 3.71. The number of nitriles is 1. The van der Waals surface area contributed by atoms with Gasteiger partial charge in [-0.3, -0.25) is 4.79 Å². The molecule has 0 bridgehead atoms. The largest absolute Gasteiger partial charge is 0.337 e. The first-order chi connectivity index (χ1) is 10.2. The monoisotopic (exact) mass is 289 g/mol. The second-order valence-electron chi connectivity index (χ2n) is 5.26. The Hall–Kier alpha value is -1.93. The van der Waals surface area contributed by atoms with Gasteiger partial charge < -0.3 is 9.80 Å². The lowest BCUT2D eigenvalue weighted by molar-refractivity contribution is 0.0761. The maximum atomic E-state index is 13.2. The van der Waals surface area contributed by atoms with Crippen LogP contribution in [-0.2, 0) is 0 Å². The Bertz CT molecular complexity index is 526. The average Bonchev–Trinajstić information content (AvgIpc) is 2.72. The predicted molar refractivity (Wildman–Crippen MR) is 78.2 cm³/mol. The molecule has 0 spiro atoms. The summed E-state index contributed by atoms with van der Waals surface area (Å²) in [7, 11) is 0. The lowest BCUT2D eigenvalue weighted by atomic mass is 10.2. The Morgan fingerprint density at radius 3 is 2.90 bits per heavy atom. The van der Waals surface area contributed by atoms with Crippen LogP contribution in [0.2, 0.25) is 0 Å². The zero-order valence-electron chi connectivity index (χ0n) is 12.1. The van der Waals surface area contributed by atoms with Crippen molar-refractivity contribution in [2.45, 2.75) is 19.3 Å². The van der Waals surface area contributed by atoms with Crippen LogP contribution in [0.5, 0.6) is 0 Å². The molecule has 1 aromatic rings. The van der Waals surface area contributed by atoms with Gasteiger partial charge in [0.1, 0.15) is 5.82 Å². The van der Waals surface area contributed by atoms with E-state index in [0.717, 1.165) is 32.5 Å². The predicted octanol–water partition coefficient (Wildman–Crippen LogP) is 2.28. The third-order valence-corrected chi connectivity index (χ3v) is 3.71. The highest BCUT2D eigenvalue weighted by atomic mass is 19.1. The Kier molecular flexibility index (Phi) is 5.70. The van der Waals surface area contributed by atoms with Crippen LogP contribution in [0.1, 0.15) is 29.6 Å². The van der Waals surface area contributed by atoms with E-state index in [-0.39, 0.29) is 11.7 Å². The van der Waals surface area contributed by atoms with Gasteiger partial charge in [0, 0.05) is 31.6 Å². The van der Waals surface area contributed by atoms with Crippen LogP contribution in [-0.4, -0.2) is 48.4 Å². The second kappa shape index (κ2) is 7.75. The molecule has 0 N–H and O–H groups in total. The fourth-order valence-corrected chi connectivity index (χ4v) is 2.58. The minimum atomic E-state index is -0.381. The number of hydrogen-bond acceptors (Lipinski definition) is 3. The molecule has 0 atom stereocenters. The molecule has 0 aromatic heterocycles. The van der Waals surface area contributed by atoms with Gasteiger partial charge in [-0.15, -0.1) is 0 Å². The molecule has 1 fully saturated rings. The normalized spacial score (nSPS) is 16.3. The maximum absolute atomic E-state index is 13.2. The molecular formula is C16H20FN3O. The molecule has 0 unspecified atom stereocenters. The minimum absolute atomic E-state index is 0.103. The SMILES string of the molecule is N#CCCCN1CCCN(C(=O)c2cccc(F)c2)CC1. The van der Waals surface area contributed by atoms with E-state index in [1.165, 1.54) is 12.1 Å². The topological polar surface area (TPSA) is 47.3 Å². The number of halogens is 1. The van der Waals surface area contributed by atoms with Crippen LogP contribution in [0.25, 0.3) is 0 Å². The van der Waals surface area contributed by atoms with E-state index in [4.69, 9.17) is 5.26 Å². The van der Waals surface area contributed by atoms with Crippen molar-refractivity contribution in [3.63, 3.8) is 0 Å². The zero-order chi connectivity index (χ0) is 15.1. The van der Waals surface area contributed by atoms with Gasteiger partial charge in [0.2, 0.25) is 0 Å². The number of rotatable bonds is 4. The van der Waals surface area contributed by atoms with E-state index in [2.05, 4.69) is 11.0 Å². The van der Waals surface area contributed by atoms with Crippen LogP contribution in [0.15, 0.2) is 24.3 Å². The molecule has 0 radical (unpaired) electrons. The van der Waals surface area contributed by atoms with Gasteiger partial charge >= 0.3 is 0 Å². The molecule has 1 amide bonds. The van der Waals surface area contributed by atoms with Crippen molar-refractivity contribution < 1.29 is 9.18 Å². The first-order valence-electron chi connectivity index (χ1n) is 7.35. The van der Waals surface area contributed by atoms with Crippen LogP contribution in [0, 0.1) is 17.1 Å². The van der Waals surface area contributed by atoms with E-state index in [1.54, 1.807) is 17.0 Å². The maximum Gasteiger partial charge on any atom is 0.254 e. The van der Waals surface area contributed by atoms with Crippen molar-refractivity contribution in [3.8, 4) is 6.07 Å². The third kappa shape index (κ3) is 4.54. The molecule has 1 saturated heterocycles. The molecule has 4 nitrogen and oxygen atoms in total. The lowest BCUT2D eigenvalue weighted by Crippen LogP contribution is -2.35. The van der Waals surface area contributed by atoms with Gasteiger partial charge in [0.05, 0.1) is 6.07 Å². The van der Waals surface area contributed by atoms with Crippen molar-refractivity contribution in [2.24, 2.45) is 0 Å². The number of unbranched alkanes of at least 4 members (excludes halogenated alkanes) is 1. The van der Waals surface area contributed by atoms with Crippen molar-refractivity contribution in [3.05, 3.63) is 35.6 Å². The van der Waals surface area contributed by atoms with E-state index < -0.39 is 0 Å². The van der Waals surface area contributed by atoms with Crippen LogP contribution in [0.4, 0.5) is 4.39 Å². The number of carbonyl (C=O) groups is 1. The summed E-state index contributed by atoms with van der Waals surface area (Å²) in [5.41, 5.74) is 0.410. The Balaban J connectivity index is 1.90. The van der Waals surface area contributed by atoms with Crippen LogP contribution >= 0.6 is 0 Å². The summed E-state index contributed by atoms with van der Waals surface area (Å²) >= 11 is 0. The van der Waals surface area contributed by atoms with Gasteiger partial charge in [-0.1, -0.05) is 6.07 Å². The fraction of sp³-hybridized carbons (Fsp3) is 0.500. The summed E-state index contributed by atoms with van der Waals surface area (Å²) < 4.78 is 13.2. The summed E-state index contributed by atoms with van der Waals surface area (Å²) in [5, 5.41) is 8.56. The fourth-order valence-electron chi connectivity index (χ4n) is 2.58. The van der Waals surface area contributed by atoms with Gasteiger partial charge in [0.25, 0.3) is 5.91 Å². The number of amides is 1. The van der Waals surface area contributed by atoms with Gasteiger partial charge in [-0.2, -0.15) is 5.26 Å². The van der Waals surface area contributed by atoms with Crippen molar-refractivity contribution in [1.29, 1.82) is 5.26 Å². The van der Waals surface area contributed by atoms with Crippen molar-refractivity contribution in [1.82, 2.24) is 9.80 Å². The first kappa shape index (κ1) is 15.5. The molecule has 1 aliphatic heterocycles. The van der Waals surface area contributed by atoms with E-state index in [1.807, 2.05) is 0 Å². The molecule has 0 saturated carbocycles. The van der Waals surface area contributed by atoms with Crippen molar-refractivity contribution >= 4 is 5.91 Å². The second-order valence-corrected chi connectivity index (χ2v) is 5.26. The van der Waals surface area contributed by atoms with Crippen molar-refractivity contribution in [2.75, 3.05) is 32.7 Å². The Morgan fingerprint density at radius 1 is 1.29 bits per heavy atom. The van der Waals surface area contributed by atoms with Gasteiger partial charge in [-0.25, -0.2) is 4.39 Å². The summed E-state index contributed by atoms with van der Waals surface area (Å²) in [6, 6.07) is 8.00. The van der Waals surface area contributed by atoms with Gasteiger partial charge in [-0.05, 0) is 44.1 Å². The first-order valence-corrected chi connectivity index (χ1v) is 7.35. The Morgan fingerprint density at radius 2 is 2.14 bits per heavy atom. The molecule has 21 heavy (non-hydrogen) atoms. The summed E-state index contributed by atoms with van der Waals surface area (Å²) in [4.78, 5) is 16.4. The molecule has 0 aliphatic carbocycles. The molecular weight excluding hydrogens is 269 g/mol. The van der Waals surface area contributed by atoms with Crippen LogP contribution < -0.4 is 0 Å². The number of hydrogen-bond donors (Lipinski definition) is 0. The van der Waals surface area contributed by atoms with E-state index in [0.29, 0.717) is 25.1 Å². The molecule has 1 heterocycles. The molecule has 1 aliphatic rings. The molecule has 1 aromatic carbocycles. The van der Waals surface area contributed by atoms with Gasteiger partial charge in [0.15, 0.2) is 0 Å². The lowest BCUT2D eigenvalue weighted by Gasteiger charge is -2.21. The smallest absolute Gasteiger partial charge is 0.254 e. The average molecular weight is 289 g/mol. The highest BCUT2D eigenvalue weighted by Crippen LogP contribution is 2.11. The standard InChI is InChI=1S/C16H20FN3O/c17-15-6-3-5-14(13-15)16(21)20-10-4-9-19(11-12-20)8-2-1-7-18/h3,5-6,13H,1-2,4,8-12H2. The number of nitrogens with zero attached hydrogens (tertiary/aromatic N) is 3. The highest BCUT2D eigenvalue weighted by Gasteiger charge is 2.20.